The number of rotatable bonds is 8. The molecule has 1 aliphatic rings. The van der Waals surface area contributed by atoms with E-state index in [1.54, 1.807) is 4.90 Å². The molecule has 0 atom stereocenters. The van der Waals surface area contributed by atoms with Crippen molar-refractivity contribution in [2.24, 2.45) is 0 Å². The maximum atomic E-state index is 12.4. The van der Waals surface area contributed by atoms with Crippen LogP contribution in [-0.2, 0) is 9.53 Å². The van der Waals surface area contributed by atoms with Gasteiger partial charge < -0.3 is 19.9 Å². The quantitative estimate of drug-likeness (QED) is 0.739. The van der Waals surface area contributed by atoms with E-state index in [0.29, 0.717) is 32.7 Å². The molecule has 7 nitrogen and oxygen atoms in total. The van der Waals surface area contributed by atoms with E-state index in [9.17, 15) is 9.59 Å². The van der Waals surface area contributed by atoms with Gasteiger partial charge in [-0.1, -0.05) is 0 Å². The van der Waals surface area contributed by atoms with Gasteiger partial charge >= 0.3 is 6.09 Å². The summed E-state index contributed by atoms with van der Waals surface area (Å²) >= 11 is 0. The Hall–Kier alpha value is -2.28. The Balaban J connectivity index is 1.78. The minimum Gasteiger partial charge on any atom is -0.450 e. The molecule has 1 aromatic carbocycles. The van der Waals surface area contributed by atoms with E-state index < -0.39 is 0 Å². The van der Waals surface area contributed by atoms with Crippen molar-refractivity contribution >= 4 is 23.4 Å². The maximum Gasteiger partial charge on any atom is 0.409 e. The molecule has 0 spiro atoms. The number of benzene rings is 1. The molecule has 1 N–H and O–H groups in total. The highest BCUT2D eigenvalue weighted by molar-refractivity contribution is 5.91. The summed E-state index contributed by atoms with van der Waals surface area (Å²) in [6.07, 6.45) is 0.194. The van der Waals surface area contributed by atoms with Crippen LogP contribution in [0.3, 0.4) is 0 Å². The zero-order chi connectivity index (χ0) is 20.5. The number of piperazine rings is 1. The molecule has 1 fully saturated rings. The third-order valence-corrected chi connectivity index (χ3v) is 5.17. The fourth-order valence-electron chi connectivity index (χ4n) is 3.41. The van der Waals surface area contributed by atoms with Crippen molar-refractivity contribution in [3.63, 3.8) is 0 Å². The number of hydrogen-bond acceptors (Lipinski definition) is 5. The number of nitrogens with one attached hydrogen (secondary N) is 1. The molecule has 7 heteroatoms. The van der Waals surface area contributed by atoms with Gasteiger partial charge in [0.1, 0.15) is 0 Å². The topological polar surface area (TPSA) is 65.1 Å². The first-order valence-electron chi connectivity index (χ1n) is 10.3. The first-order chi connectivity index (χ1) is 13.5. The number of carbonyl (C=O) groups excluding carboxylic acids is 2. The SMILES string of the molecule is CCOC(=O)N1CCN(CCC(=O)Nc2ccc(N(CC)CC)cc2C)CC1. The minimum atomic E-state index is -0.247. The van der Waals surface area contributed by atoms with Gasteiger partial charge in [0.2, 0.25) is 5.91 Å². The van der Waals surface area contributed by atoms with Gasteiger partial charge in [-0.3, -0.25) is 9.69 Å². The van der Waals surface area contributed by atoms with Crippen LogP contribution in [0.2, 0.25) is 0 Å². The first-order valence-corrected chi connectivity index (χ1v) is 10.3. The Morgan fingerprint density at radius 3 is 2.36 bits per heavy atom. The Morgan fingerprint density at radius 1 is 1.11 bits per heavy atom. The second-order valence-electron chi connectivity index (χ2n) is 7.00. The fourth-order valence-corrected chi connectivity index (χ4v) is 3.41. The Labute approximate surface area is 168 Å². The standard InChI is InChI=1S/C21H34N4O3/c1-5-24(6-2)18-8-9-19(17(4)16-18)22-20(26)10-11-23-12-14-25(15-13-23)21(27)28-7-3/h8-9,16H,5-7,10-15H2,1-4H3,(H,22,26). The zero-order valence-corrected chi connectivity index (χ0v) is 17.7. The summed E-state index contributed by atoms with van der Waals surface area (Å²) in [7, 11) is 0. The molecule has 0 radical (unpaired) electrons. The minimum absolute atomic E-state index is 0.0199. The van der Waals surface area contributed by atoms with E-state index in [0.717, 1.165) is 37.4 Å². The lowest BCUT2D eigenvalue weighted by Crippen LogP contribution is -2.49. The number of carbonyl (C=O) groups is 2. The van der Waals surface area contributed by atoms with Crippen molar-refractivity contribution in [1.82, 2.24) is 9.80 Å². The van der Waals surface area contributed by atoms with Crippen LogP contribution in [-0.4, -0.2) is 74.2 Å². The molecule has 2 amide bonds. The summed E-state index contributed by atoms with van der Waals surface area (Å²) in [5.74, 6) is 0.0199. The summed E-state index contributed by atoms with van der Waals surface area (Å²) in [5.41, 5.74) is 3.12. The van der Waals surface area contributed by atoms with Crippen molar-refractivity contribution in [1.29, 1.82) is 0 Å². The van der Waals surface area contributed by atoms with Crippen LogP contribution < -0.4 is 10.2 Å². The fraction of sp³-hybridized carbons (Fsp3) is 0.619. The second kappa shape index (κ2) is 10.9. The van der Waals surface area contributed by atoms with E-state index >= 15 is 0 Å². The number of anilines is 2. The molecule has 1 aliphatic heterocycles. The predicted molar refractivity (Wildman–Crippen MR) is 113 cm³/mol. The van der Waals surface area contributed by atoms with Gasteiger partial charge in [0, 0.05) is 63.6 Å². The van der Waals surface area contributed by atoms with Crippen LogP contribution in [0.4, 0.5) is 16.2 Å². The van der Waals surface area contributed by atoms with Gasteiger partial charge in [-0.2, -0.15) is 0 Å². The van der Waals surface area contributed by atoms with Crippen molar-refractivity contribution in [3.05, 3.63) is 23.8 Å². The Kier molecular flexibility index (Phi) is 8.57. The molecular formula is C21H34N4O3. The molecule has 1 heterocycles. The van der Waals surface area contributed by atoms with Gasteiger partial charge in [0.25, 0.3) is 0 Å². The number of amides is 2. The Morgan fingerprint density at radius 2 is 1.79 bits per heavy atom. The van der Waals surface area contributed by atoms with E-state index in [2.05, 4.69) is 41.1 Å². The van der Waals surface area contributed by atoms with Crippen LogP contribution in [0.1, 0.15) is 32.8 Å². The lowest BCUT2D eigenvalue weighted by Gasteiger charge is -2.33. The molecule has 156 valence electrons. The molecule has 1 aromatic rings. The lowest BCUT2D eigenvalue weighted by molar-refractivity contribution is -0.116. The highest BCUT2D eigenvalue weighted by atomic mass is 16.6. The van der Waals surface area contributed by atoms with E-state index in [1.165, 1.54) is 5.69 Å². The van der Waals surface area contributed by atoms with Crippen molar-refractivity contribution in [2.75, 3.05) is 62.6 Å². The van der Waals surface area contributed by atoms with Gasteiger partial charge in [-0.25, -0.2) is 4.79 Å². The molecule has 1 saturated heterocycles. The largest absolute Gasteiger partial charge is 0.450 e. The van der Waals surface area contributed by atoms with Crippen LogP contribution in [0, 0.1) is 6.92 Å². The molecule has 0 saturated carbocycles. The highest BCUT2D eigenvalue weighted by Crippen LogP contribution is 2.22. The van der Waals surface area contributed by atoms with Gasteiger partial charge in [-0.05, 0) is 51.5 Å². The molecular weight excluding hydrogens is 356 g/mol. The molecule has 0 aromatic heterocycles. The van der Waals surface area contributed by atoms with Crippen LogP contribution in [0.5, 0.6) is 0 Å². The second-order valence-corrected chi connectivity index (χ2v) is 7.00. The summed E-state index contributed by atoms with van der Waals surface area (Å²) < 4.78 is 5.03. The number of hydrogen-bond donors (Lipinski definition) is 1. The predicted octanol–water partition coefficient (Wildman–Crippen LogP) is 2.94. The number of nitrogens with zero attached hydrogens (tertiary/aromatic N) is 3. The molecule has 28 heavy (non-hydrogen) atoms. The maximum absolute atomic E-state index is 12.4. The molecule has 0 unspecified atom stereocenters. The Bertz CT molecular complexity index is 653. The number of aryl methyl sites for hydroxylation is 1. The smallest absolute Gasteiger partial charge is 0.409 e. The summed E-state index contributed by atoms with van der Waals surface area (Å²) in [4.78, 5) is 30.3. The first kappa shape index (κ1) is 22.0. The van der Waals surface area contributed by atoms with Crippen molar-refractivity contribution < 1.29 is 14.3 Å². The third-order valence-electron chi connectivity index (χ3n) is 5.17. The third kappa shape index (κ3) is 6.12. The van der Waals surface area contributed by atoms with Crippen LogP contribution >= 0.6 is 0 Å². The summed E-state index contributed by atoms with van der Waals surface area (Å²) in [5, 5.41) is 3.03. The molecule has 2 rings (SSSR count). The van der Waals surface area contributed by atoms with Crippen molar-refractivity contribution in [3.8, 4) is 0 Å². The summed E-state index contributed by atoms with van der Waals surface area (Å²) in [6, 6.07) is 6.17. The van der Waals surface area contributed by atoms with Gasteiger partial charge in [0.05, 0.1) is 6.61 Å². The van der Waals surface area contributed by atoms with E-state index in [-0.39, 0.29) is 12.0 Å². The highest BCUT2D eigenvalue weighted by Gasteiger charge is 2.22. The average Bonchev–Trinajstić information content (AvgIpc) is 2.70. The zero-order valence-electron chi connectivity index (χ0n) is 17.7. The monoisotopic (exact) mass is 390 g/mol. The average molecular weight is 391 g/mol. The lowest BCUT2D eigenvalue weighted by atomic mass is 10.1. The van der Waals surface area contributed by atoms with Gasteiger partial charge in [0.15, 0.2) is 0 Å². The molecule has 0 aliphatic carbocycles. The van der Waals surface area contributed by atoms with E-state index in [1.807, 2.05) is 19.9 Å². The number of ether oxygens (including phenoxy) is 1. The normalized spacial score (nSPS) is 14.6. The molecule has 0 bridgehead atoms. The van der Waals surface area contributed by atoms with Crippen LogP contribution in [0.25, 0.3) is 0 Å². The van der Waals surface area contributed by atoms with E-state index in [4.69, 9.17) is 4.74 Å². The van der Waals surface area contributed by atoms with Crippen molar-refractivity contribution in [2.45, 2.75) is 34.1 Å². The summed E-state index contributed by atoms with van der Waals surface area (Å²) in [6.45, 7) is 14.0. The van der Waals surface area contributed by atoms with Crippen LogP contribution in [0.15, 0.2) is 18.2 Å². The van der Waals surface area contributed by atoms with Gasteiger partial charge in [-0.15, -0.1) is 0 Å².